The third-order valence-electron chi connectivity index (χ3n) is 3.47. The largest absolute Gasteiger partial charge is 0.383 e. The number of hydrogen-bond acceptors (Lipinski definition) is 3. The van der Waals surface area contributed by atoms with Crippen LogP contribution in [0.15, 0.2) is 24.3 Å². The quantitative estimate of drug-likeness (QED) is 0.713. The Morgan fingerprint density at radius 2 is 1.90 bits per heavy atom. The van der Waals surface area contributed by atoms with E-state index in [-0.39, 0.29) is 5.41 Å². The van der Waals surface area contributed by atoms with E-state index in [0.29, 0.717) is 5.82 Å². The number of aromatic amines is 1. The molecule has 3 N–H and O–H groups in total. The molecule has 0 bridgehead atoms. The monoisotopic (exact) mass is 269 g/mol. The summed E-state index contributed by atoms with van der Waals surface area (Å²) in [5.74, 6) is 0.574. The molecule has 2 heterocycles. The van der Waals surface area contributed by atoms with Crippen LogP contribution in [0, 0.1) is 6.92 Å². The first-order valence-corrected chi connectivity index (χ1v) is 6.68. The first-order chi connectivity index (χ1) is 9.39. The van der Waals surface area contributed by atoms with Gasteiger partial charge in [-0.05, 0) is 18.6 Å². The third-order valence-corrected chi connectivity index (χ3v) is 3.47. The molecule has 0 atom stereocenters. The van der Waals surface area contributed by atoms with E-state index in [2.05, 4.69) is 44.0 Å². The van der Waals surface area contributed by atoms with Crippen LogP contribution in [0.1, 0.15) is 32.0 Å². The maximum absolute atomic E-state index is 6.03. The van der Waals surface area contributed by atoms with Crippen LogP contribution in [0.25, 0.3) is 16.7 Å². The number of nitrogens with two attached hydrogens (primary N) is 1. The van der Waals surface area contributed by atoms with Gasteiger partial charge in [0.05, 0.1) is 16.8 Å². The van der Waals surface area contributed by atoms with Gasteiger partial charge < -0.3 is 5.73 Å². The zero-order valence-corrected chi connectivity index (χ0v) is 12.2. The van der Waals surface area contributed by atoms with E-state index in [9.17, 15) is 0 Å². The van der Waals surface area contributed by atoms with Gasteiger partial charge in [0.15, 0.2) is 5.65 Å². The second kappa shape index (κ2) is 4.10. The van der Waals surface area contributed by atoms with Crippen molar-refractivity contribution in [3.63, 3.8) is 0 Å². The van der Waals surface area contributed by atoms with E-state index in [0.717, 1.165) is 28.0 Å². The lowest BCUT2D eigenvalue weighted by atomic mass is 9.91. The highest BCUT2D eigenvalue weighted by Crippen LogP contribution is 2.33. The SMILES string of the molecule is Cc1ccccc1-n1nc(C(C)(C)C)c2c(N)[nH]nc21. The number of rotatable bonds is 1. The average molecular weight is 269 g/mol. The first kappa shape index (κ1) is 12.7. The van der Waals surface area contributed by atoms with Gasteiger partial charge in [-0.25, -0.2) is 4.68 Å². The third kappa shape index (κ3) is 1.78. The fourth-order valence-electron chi connectivity index (χ4n) is 2.42. The van der Waals surface area contributed by atoms with Crippen LogP contribution in [-0.4, -0.2) is 20.0 Å². The van der Waals surface area contributed by atoms with Crippen molar-refractivity contribution < 1.29 is 0 Å². The fraction of sp³-hybridized carbons (Fsp3) is 0.333. The molecular formula is C15H19N5. The molecule has 0 aliphatic heterocycles. The number of nitrogen functional groups attached to an aromatic ring is 1. The number of fused-ring (bicyclic) bond motifs is 1. The van der Waals surface area contributed by atoms with Crippen molar-refractivity contribution in [1.82, 2.24) is 20.0 Å². The molecule has 3 rings (SSSR count). The molecule has 0 fully saturated rings. The molecule has 5 nitrogen and oxygen atoms in total. The Morgan fingerprint density at radius 1 is 1.20 bits per heavy atom. The summed E-state index contributed by atoms with van der Waals surface area (Å²) in [7, 11) is 0. The summed E-state index contributed by atoms with van der Waals surface area (Å²) in [5.41, 5.74) is 9.86. The van der Waals surface area contributed by atoms with Gasteiger partial charge >= 0.3 is 0 Å². The van der Waals surface area contributed by atoms with Crippen LogP contribution in [0.4, 0.5) is 5.82 Å². The van der Waals surface area contributed by atoms with Crippen molar-refractivity contribution in [3.8, 4) is 5.69 Å². The fourth-order valence-corrected chi connectivity index (χ4v) is 2.42. The molecule has 0 spiro atoms. The normalized spacial score (nSPS) is 12.2. The van der Waals surface area contributed by atoms with Gasteiger partial charge in [-0.15, -0.1) is 0 Å². The summed E-state index contributed by atoms with van der Waals surface area (Å²) in [6, 6.07) is 8.13. The highest BCUT2D eigenvalue weighted by molar-refractivity contribution is 5.90. The Kier molecular flexibility index (Phi) is 2.61. The Morgan fingerprint density at radius 3 is 2.55 bits per heavy atom. The van der Waals surface area contributed by atoms with Crippen molar-refractivity contribution in [1.29, 1.82) is 0 Å². The second-order valence-electron chi connectivity index (χ2n) is 6.13. The Bertz CT molecular complexity index is 773. The lowest BCUT2D eigenvalue weighted by Gasteiger charge is -2.15. The Hall–Kier alpha value is -2.30. The van der Waals surface area contributed by atoms with Crippen molar-refractivity contribution >= 4 is 16.9 Å². The van der Waals surface area contributed by atoms with E-state index in [1.165, 1.54) is 0 Å². The molecule has 0 amide bonds. The number of aryl methyl sites for hydroxylation is 1. The zero-order chi connectivity index (χ0) is 14.5. The zero-order valence-electron chi connectivity index (χ0n) is 12.2. The summed E-state index contributed by atoms with van der Waals surface area (Å²) in [6.07, 6.45) is 0. The molecule has 0 unspecified atom stereocenters. The number of anilines is 1. The lowest BCUT2D eigenvalue weighted by Crippen LogP contribution is -2.14. The van der Waals surface area contributed by atoms with E-state index < -0.39 is 0 Å². The van der Waals surface area contributed by atoms with Crippen LogP contribution in [-0.2, 0) is 5.41 Å². The van der Waals surface area contributed by atoms with Crippen LogP contribution < -0.4 is 5.73 Å². The average Bonchev–Trinajstić information content (AvgIpc) is 2.91. The number of para-hydroxylation sites is 1. The molecule has 20 heavy (non-hydrogen) atoms. The molecule has 3 aromatic rings. The Balaban J connectivity index is 2.36. The van der Waals surface area contributed by atoms with Gasteiger partial charge in [0.2, 0.25) is 0 Å². The van der Waals surface area contributed by atoms with E-state index in [1.807, 2.05) is 22.9 Å². The van der Waals surface area contributed by atoms with Gasteiger partial charge in [0, 0.05) is 5.41 Å². The molecule has 0 aliphatic carbocycles. The van der Waals surface area contributed by atoms with Crippen molar-refractivity contribution in [2.75, 3.05) is 5.73 Å². The summed E-state index contributed by atoms with van der Waals surface area (Å²) in [4.78, 5) is 0. The molecule has 1 aromatic carbocycles. The minimum atomic E-state index is -0.0931. The molecule has 5 heteroatoms. The smallest absolute Gasteiger partial charge is 0.186 e. The maximum Gasteiger partial charge on any atom is 0.186 e. The molecule has 0 saturated carbocycles. The minimum absolute atomic E-state index is 0.0931. The van der Waals surface area contributed by atoms with Crippen molar-refractivity contribution in [2.45, 2.75) is 33.1 Å². The van der Waals surface area contributed by atoms with Crippen LogP contribution in [0.5, 0.6) is 0 Å². The number of hydrogen-bond donors (Lipinski definition) is 2. The predicted molar refractivity (Wildman–Crippen MR) is 81.1 cm³/mol. The van der Waals surface area contributed by atoms with E-state index >= 15 is 0 Å². The number of aromatic nitrogens is 4. The lowest BCUT2D eigenvalue weighted by molar-refractivity contribution is 0.564. The first-order valence-electron chi connectivity index (χ1n) is 6.68. The molecule has 104 valence electrons. The van der Waals surface area contributed by atoms with Gasteiger partial charge in [-0.3, -0.25) is 5.10 Å². The molecule has 0 saturated heterocycles. The number of H-pyrrole nitrogens is 1. The van der Waals surface area contributed by atoms with Crippen LogP contribution in [0.3, 0.4) is 0 Å². The number of nitrogens with one attached hydrogen (secondary N) is 1. The summed E-state index contributed by atoms with van der Waals surface area (Å²) in [5, 5.41) is 12.9. The van der Waals surface area contributed by atoms with Crippen molar-refractivity contribution in [3.05, 3.63) is 35.5 Å². The Labute approximate surface area is 117 Å². The minimum Gasteiger partial charge on any atom is -0.383 e. The molecular weight excluding hydrogens is 250 g/mol. The van der Waals surface area contributed by atoms with Crippen LogP contribution in [0.2, 0.25) is 0 Å². The summed E-state index contributed by atoms with van der Waals surface area (Å²) >= 11 is 0. The number of nitrogens with zero attached hydrogens (tertiary/aromatic N) is 3. The highest BCUT2D eigenvalue weighted by Gasteiger charge is 2.26. The highest BCUT2D eigenvalue weighted by atomic mass is 15.4. The van der Waals surface area contributed by atoms with Gasteiger partial charge in [-0.2, -0.15) is 10.2 Å². The summed E-state index contributed by atoms with van der Waals surface area (Å²) < 4.78 is 1.87. The van der Waals surface area contributed by atoms with Gasteiger partial charge in [0.1, 0.15) is 5.82 Å². The standard InChI is InChI=1S/C15H19N5/c1-9-7-5-6-8-10(9)20-14-11(13(16)17-18-14)12(19-20)15(2,3)4/h5-8H,1-4H3,(H3,16,17,18). The van der Waals surface area contributed by atoms with Crippen molar-refractivity contribution in [2.24, 2.45) is 0 Å². The maximum atomic E-state index is 6.03. The van der Waals surface area contributed by atoms with Gasteiger partial charge in [-0.1, -0.05) is 39.0 Å². The van der Waals surface area contributed by atoms with E-state index in [1.54, 1.807) is 0 Å². The predicted octanol–water partition coefficient (Wildman–Crippen LogP) is 2.94. The molecule has 0 radical (unpaired) electrons. The molecule has 0 aliphatic rings. The second-order valence-corrected chi connectivity index (χ2v) is 6.13. The number of benzene rings is 1. The van der Waals surface area contributed by atoms with Gasteiger partial charge in [0.25, 0.3) is 0 Å². The van der Waals surface area contributed by atoms with Crippen LogP contribution >= 0.6 is 0 Å². The topological polar surface area (TPSA) is 72.5 Å². The van der Waals surface area contributed by atoms with E-state index in [4.69, 9.17) is 10.8 Å². The molecule has 2 aromatic heterocycles. The summed E-state index contributed by atoms with van der Waals surface area (Å²) in [6.45, 7) is 8.45.